The predicted octanol–water partition coefficient (Wildman–Crippen LogP) is 2.47. The van der Waals surface area contributed by atoms with Crippen LogP contribution in [0.15, 0.2) is 0 Å². The fraction of sp³-hybridized carbons (Fsp3) is 0.800. The number of aromatic nitrogens is 3. The van der Waals surface area contributed by atoms with E-state index in [0.29, 0.717) is 24.6 Å². The van der Waals surface area contributed by atoms with Gasteiger partial charge in [-0.15, -0.1) is 0 Å². The van der Waals surface area contributed by atoms with Gasteiger partial charge in [-0.2, -0.15) is 15.0 Å². The highest BCUT2D eigenvalue weighted by molar-refractivity contribution is 5.40. The van der Waals surface area contributed by atoms with E-state index in [9.17, 15) is 0 Å². The number of nitrogens with zero attached hydrogens (tertiary/aromatic N) is 4. The van der Waals surface area contributed by atoms with E-state index in [2.05, 4.69) is 25.2 Å². The maximum absolute atomic E-state index is 5.49. The number of anilines is 2. The van der Waals surface area contributed by atoms with E-state index in [4.69, 9.17) is 4.74 Å². The average molecular weight is 291 g/mol. The zero-order valence-electron chi connectivity index (χ0n) is 13.0. The third-order valence-electron chi connectivity index (χ3n) is 4.60. The standard InChI is InChI=1S/C15H25N5O/c1-3-21-15-18-13(16-2)17-14(19-15)20-10-6-8-11-7-4-5-9-12(11)20/h11-12H,3-10H2,1-2H3,(H,16,17,18,19)/t11-,12-/m1/s1. The smallest absolute Gasteiger partial charge is 0.323 e. The number of piperidine rings is 1. The van der Waals surface area contributed by atoms with E-state index < -0.39 is 0 Å². The molecule has 3 rings (SSSR count). The molecule has 1 aromatic heterocycles. The second kappa shape index (κ2) is 6.45. The fourth-order valence-electron chi connectivity index (χ4n) is 3.65. The molecular weight excluding hydrogens is 266 g/mol. The molecule has 2 heterocycles. The van der Waals surface area contributed by atoms with Crippen LogP contribution in [0.2, 0.25) is 0 Å². The van der Waals surface area contributed by atoms with Gasteiger partial charge in [0.15, 0.2) is 0 Å². The third kappa shape index (κ3) is 3.04. The van der Waals surface area contributed by atoms with Crippen LogP contribution in [0.5, 0.6) is 6.01 Å². The fourth-order valence-corrected chi connectivity index (χ4v) is 3.65. The zero-order chi connectivity index (χ0) is 14.7. The van der Waals surface area contributed by atoms with Crippen LogP contribution < -0.4 is 15.0 Å². The number of hydrogen-bond donors (Lipinski definition) is 1. The molecule has 116 valence electrons. The molecule has 0 aromatic carbocycles. The quantitative estimate of drug-likeness (QED) is 0.919. The van der Waals surface area contributed by atoms with E-state index in [-0.39, 0.29) is 0 Å². The summed E-state index contributed by atoms with van der Waals surface area (Å²) >= 11 is 0. The predicted molar refractivity (Wildman–Crippen MR) is 82.9 cm³/mol. The van der Waals surface area contributed by atoms with Crippen LogP contribution in [-0.2, 0) is 0 Å². The van der Waals surface area contributed by atoms with Crippen LogP contribution in [-0.4, -0.2) is 41.2 Å². The van der Waals surface area contributed by atoms with Gasteiger partial charge in [-0.3, -0.25) is 0 Å². The van der Waals surface area contributed by atoms with Gasteiger partial charge in [0, 0.05) is 19.6 Å². The first-order valence-electron chi connectivity index (χ1n) is 8.15. The number of fused-ring (bicyclic) bond motifs is 1. The van der Waals surface area contributed by atoms with Crippen molar-refractivity contribution in [2.24, 2.45) is 5.92 Å². The summed E-state index contributed by atoms with van der Waals surface area (Å²) < 4.78 is 5.49. The van der Waals surface area contributed by atoms with E-state index in [1.54, 1.807) is 0 Å². The molecule has 1 aliphatic heterocycles. The van der Waals surface area contributed by atoms with Crippen LogP contribution in [0.4, 0.5) is 11.9 Å². The third-order valence-corrected chi connectivity index (χ3v) is 4.60. The van der Waals surface area contributed by atoms with Crippen LogP contribution in [0.25, 0.3) is 0 Å². The van der Waals surface area contributed by atoms with Crippen molar-refractivity contribution in [3.63, 3.8) is 0 Å². The molecule has 1 aromatic rings. The average Bonchev–Trinajstić information content (AvgIpc) is 2.54. The lowest BCUT2D eigenvalue weighted by Crippen LogP contribution is -2.47. The van der Waals surface area contributed by atoms with Gasteiger partial charge in [0.2, 0.25) is 11.9 Å². The van der Waals surface area contributed by atoms with Crippen molar-refractivity contribution in [1.29, 1.82) is 0 Å². The minimum absolute atomic E-state index is 0.421. The lowest BCUT2D eigenvalue weighted by atomic mass is 9.78. The maximum atomic E-state index is 5.49. The molecule has 2 atom stereocenters. The SMILES string of the molecule is CCOc1nc(NC)nc(N2CCC[C@H]3CCCC[C@H]32)n1. The lowest BCUT2D eigenvalue weighted by Gasteiger charge is -2.44. The van der Waals surface area contributed by atoms with Gasteiger partial charge in [0.1, 0.15) is 0 Å². The Balaban J connectivity index is 1.88. The Morgan fingerprint density at radius 3 is 2.76 bits per heavy atom. The van der Waals surface area contributed by atoms with Crippen molar-refractivity contribution in [2.75, 3.05) is 30.4 Å². The molecule has 2 fully saturated rings. The molecule has 2 aliphatic rings. The first kappa shape index (κ1) is 14.4. The van der Waals surface area contributed by atoms with Crippen molar-refractivity contribution in [1.82, 2.24) is 15.0 Å². The van der Waals surface area contributed by atoms with Crippen LogP contribution in [0.1, 0.15) is 45.4 Å². The molecule has 0 spiro atoms. The van der Waals surface area contributed by atoms with Crippen molar-refractivity contribution < 1.29 is 4.74 Å². The largest absolute Gasteiger partial charge is 0.464 e. The highest BCUT2D eigenvalue weighted by Crippen LogP contribution is 2.37. The molecule has 0 bridgehead atoms. The summed E-state index contributed by atoms with van der Waals surface area (Å²) in [5.74, 6) is 2.16. The molecule has 6 heteroatoms. The van der Waals surface area contributed by atoms with Gasteiger partial charge < -0.3 is 15.0 Å². The first-order chi connectivity index (χ1) is 10.3. The summed E-state index contributed by atoms with van der Waals surface area (Å²) in [6.07, 6.45) is 7.88. The Bertz CT molecular complexity index is 479. The monoisotopic (exact) mass is 291 g/mol. The van der Waals surface area contributed by atoms with Crippen LogP contribution >= 0.6 is 0 Å². The van der Waals surface area contributed by atoms with Crippen molar-refractivity contribution >= 4 is 11.9 Å². The van der Waals surface area contributed by atoms with E-state index in [0.717, 1.165) is 18.4 Å². The number of rotatable bonds is 4. The maximum Gasteiger partial charge on any atom is 0.323 e. The van der Waals surface area contributed by atoms with Gasteiger partial charge in [0.25, 0.3) is 0 Å². The minimum Gasteiger partial charge on any atom is -0.464 e. The number of hydrogen-bond acceptors (Lipinski definition) is 6. The summed E-state index contributed by atoms with van der Waals surface area (Å²) in [6, 6.07) is 1.01. The van der Waals surface area contributed by atoms with E-state index in [1.807, 2.05) is 14.0 Å². The molecular formula is C15H25N5O. The summed E-state index contributed by atoms with van der Waals surface area (Å²) in [5, 5.41) is 3.01. The molecule has 1 aliphatic carbocycles. The van der Waals surface area contributed by atoms with Crippen LogP contribution in [0.3, 0.4) is 0 Å². The van der Waals surface area contributed by atoms with Crippen LogP contribution in [0, 0.1) is 5.92 Å². The topological polar surface area (TPSA) is 63.2 Å². The van der Waals surface area contributed by atoms with Gasteiger partial charge in [-0.25, -0.2) is 0 Å². The second-order valence-corrected chi connectivity index (χ2v) is 5.87. The Morgan fingerprint density at radius 2 is 1.95 bits per heavy atom. The lowest BCUT2D eigenvalue weighted by molar-refractivity contribution is 0.240. The molecule has 0 unspecified atom stereocenters. The minimum atomic E-state index is 0.421. The summed E-state index contributed by atoms with van der Waals surface area (Å²) in [4.78, 5) is 15.7. The van der Waals surface area contributed by atoms with Gasteiger partial charge in [0.05, 0.1) is 6.61 Å². The Kier molecular flexibility index (Phi) is 4.41. The Morgan fingerprint density at radius 1 is 1.14 bits per heavy atom. The van der Waals surface area contributed by atoms with Crippen molar-refractivity contribution in [3.05, 3.63) is 0 Å². The summed E-state index contributed by atoms with van der Waals surface area (Å²) in [6.45, 7) is 3.55. The summed E-state index contributed by atoms with van der Waals surface area (Å²) in [5.41, 5.74) is 0. The second-order valence-electron chi connectivity index (χ2n) is 5.87. The first-order valence-corrected chi connectivity index (χ1v) is 8.15. The number of nitrogens with one attached hydrogen (secondary N) is 1. The van der Waals surface area contributed by atoms with Gasteiger partial charge >= 0.3 is 6.01 Å². The van der Waals surface area contributed by atoms with Gasteiger partial charge in [-0.1, -0.05) is 12.8 Å². The molecule has 1 saturated carbocycles. The molecule has 1 saturated heterocycles. The molecule has 6 nitrogen and oxygen atoms in total. The molecule has 21 heavy (non-hydrogen) atoms. The summed E-state index contributed by atoms with van der Waals surface area (Å²) in [7, 11) is 1.83. The Labute approximate surface area is 126 Å². The van der Waals surface area contributed by atoms with E-state index >= 15 is 0 Å². The zero-order valence-corrected chi connectivity index (χ0v) is 13.0. The van der Waals surface area contributed by atoms with Gasteiger partial charge in [-0.05, 0) is 38.5 Å². The normalized spacial score (nSPS) is 25.3. The molecule has 0 radical (unpaired) electrons. The van der Waals surface area contributed by atoms with E-state index in [1.165, 1.54) is 38.5 Å². The number of ether oxygens (including phenoxy) is 1. The Hall–Kier alpha value is -1.59. The molecule has 0 amide bonds. The van der Waals surface area contributed by atoms with Crippen molar-refractivity contribution in [2.45, 2.75) is 51.5 Å². The highest BCUT2D eigenvalue weighted by atomic mass is 16.5. The van der Waals surface area contributed by atoms with Crippen molar-refractivity contribution in [3.8, 4) is 6.01 Å². The molecule has 1 N–H and O–H groups in total. The highest BCUT2D eigenvalue weighted by Gasteiger charge is 2.34.